The smallest absolute Gasteiger partial charge is 0.191 e. The summed E-state index contributed by atoms with van der Waals surface area (Å²) < 4.78 is 15.9. The lowest BCUT2D eigenvalue weighted by Crippen LogP contribution is -2.41. The largest absolute Gasteiger partial charge is 0.354 e. The van der Waals surface area contributed by atoms with E-state index in [1.54, 1.807) is 36.4 Å². The molecule has 0 spiro atoms. The first-order chi connectivity index (χ1) is 12.0. The van der Waals surface area contributed by atoms with E-state index in [-0.39, 0.29) is 5.82 Å². The zero-order chi connectivity index (χ0) is 18.2. The third-order valence-corrected chi connectivity index (χ3v) is 4.04. The molecule has 0 aliphatic rings. The van der Waals surface area contributed by atoms with Gasteiger partial charge in [0.2, 0.25) is 0 Å². The second-order valence-corrected chi connectivity index (χ2v) is 6.70. The number of nitrogens with one attached hydrogen (secondary N) is 2. The number of hydrogen-bond acceptors (Lipinski definition) is 2. The summed E-state index contributed by atoms with van der Waals surface area (Å²) in [5, 5.41) is 6.61. The highest BCUT2D eigenvalue weighted by Gasteiger charge is 2.08. The van der Waals surface area contributed by atoms with Gasteiger partial charge in [-0.05, 0) is 43.4 Å². The van der Waals surface area contributed by atoms with Gasteiger partial charge in [0.05, 0.1) is 12.0 Å². The Balaban J connectivity index is 1.90. The highest BCUT2D eigenvalue weighted by molar-refractivity contribution is 5.79. The van der Waals surface area contributed by atoms with Crippen molar-refractivity contribution in [3.8, 4) is 5.69 Å². The van der Waals surface area contributed by atoms with Crippen LogP contribution in [0.3, 0.4) is 0 Å². The fraction of sp³-hybridized carbons (Fsp3) is 0.474. The Morgan fingerprint density at radius 1 is 1.28 bits per heavy atom. The van der Waals surface area contributed by atoms with Gasteiger partial charge in [-0.1, -0.05) is 19.9 Å². The highest BCUT2D eigenvalue weighted by Crippen LogP contribution is 2.15. The van der Waals surface area contributed by atoms with Gasteiger partial charge in [0.25, 0.3) is 0 Å². The summed E-state index contributed by atoms with van der Waals surface area (Å²) in [4.78, 5) is 8.19. The first-order valence-electron chi connectivity index (χ1n) is 8.73. The lowest BCUT2D eigenvalue weighted by atomic mass is 10.0. The summed E-state index contributed by atoms with van der Waals surface area (Å²) in [6.45, 7) is 7.11. The van der Waals surface area contributed by atoms with Gasteiger partial charge in [0.1, 0.15) is 5.82 Å². The van der Waals surface area contributed by atoms with Crippen LogP contribution in [0.5, 0.6) is 0 Å². The number of nitrogens with zero attached hydrogens (tertiary/aromatic N) is 3. The number of guanidine groups is 1. The summed E-state index contributed by atoms with van der Waals surface area (Å²) in [6.07, 6.45) is 7.20. The number of aliphatic imine (C=N–C) groups is 1. The average Bonchev–Trinajstić information content (AvgIpc) is 3.11. The lowest BCUT2D eigenvalue weighted by Gasteiger charge is -2.19. The number of imidazole rings is 1. The molecule has 25 heavy (non-hydrogen) atoms. The van der Waals surface area contributed by atoms with Crippen molar-refractivity contribution < 1.29 is 4.39 Å². The van der Waals surface area contributed by atoms with Crippen LogP contribution in [0.1, 0.15) is 39.2 Å². The number of halogens is 1. The Bertz CT molecular complexity index is 679. The van der Waals surface area contributed by atoms with Crippen LogP contribution in [-0.2, 0) is 6.54 Å². The first kappa shape index (κ1) is 19.0. The normalized spacial score (nSPS) is 13.1. The number of aromatic nitrogens is 2. The fourth-order valence-corrected chi connectivity index (χ4v) is 2.54. The van der Waals surface area contributed by atoms with E-state index in [0.717, 1.165) is 17.9 Å². The van der Waals surface area contributed by atoms with Gasteiger partial charge in [-0.25, -0.2) is 9.37 Å². The summed E-state index contributed by atoms with van der Waals surface area (Å²) in [5.41, 5.74) is 1.35. The molecule has 0 aliphatic heterocycles. The Morgan fingerprint density at radius 2 is 2.08 bits per heavy atom. The molecule has 0 bridgehead atoms. The Hall–Kier alpha value is -2.37. The standard InChI is InChI=1S/C19H28FN5/c1-14(2)5-6-15(3)24-19(21-4)23-12-16-7-8-18(17(20)11-16)25-10-9-22-13-25/h7-11,13-15H,5-6,12H2,1-4H3,(H2,21,23,24). The van der Waals surface area contributed by atoms with E-state index in [4.69, 9.17) is 0 Å². The van der Waals surface area contributed by atoms with E-state index in [9.17, 15) is 4.39 Å². The van der Waals surface area contributed by atoms with E-state index >= 15 is 0 Å². The predicted octanol–water partition coefficient (Wildman–Crippen LogP) is 3.50. The van der Waals surface area contributed by atoms with Gasteiger partial charge in [-0.2, -0.15) is 0 Å². The molecule has 0 saturated carbocycles. The van der Waals surface area contributed by atoms with Crippen LogP contribution in [0.2, 0.25) is 0 Å². The molecule has 2 rings (SSSR count). The second-order valence-electron chi connectivity index (χ2n) is 6.70. The Kier molecular flexibility index (Phi) is 6.98. The monoisotopic (exact) mass is 345 g/mol. The molecule has 1 aromatic heterocycles. The van der Waals surface area contributed by atoms with Crippen molar-refractivity contribution in [2.75, 3.05) is 7.05 Å². The van der Waals surface area contributed by atoms with Gasteiger partial charge in [0, 0.05) is 32.0 Å². The summed E-state index contributed by atoms with van der Waals surface area (Å²) in [6, 6.07) is 5.54. The molecule has 1 aromatic carbocycles. The summed E-state index contributed by atoms with van der Waals surface area (Å²) in [7, 11) is 1.74. The minimum atomic E-state index is -0.273. The van der Waals surface area contributed by atoms with E-state index in [0.29, 0.717) is 24.2 Å². The SMILES string of the molecule is CN=C(NCc1ccc(-n2ccnc2)c(F)c1)NC(C)CCC(C)C. The molecule has 0 radical (unpaired) electrons. The van der Waals surface area contributed by atoms with Crippen LogP contribution >= 0.6 is 0 Å². The zero-order valence-electron chi connectivity index (χ0n) is 15.5. The van der Waals surface area contributed by atoms with Gasteiger partial charge >= 0.3 is 0 Å². The molecule has 5 nitrogen and oxygen atoms in total. The molecule has 136 valence electrons. The third kappa shape index (κ3) is 5.89. The molecular formula is C19H28FN5. The van der Waals surface area contributed by atoms with Crippen molar-refractivity contribution in [2.24, 2.45) is 10.9 Å². The highest BCUT2D eigenvalue weighted by atomic mass is 19.1. The second kappa shape index (κ2) is 9.20. The van der Waals surface area contributed by atoms with E-state index in [2.05, 4.69) is 41.4 Å². The maximum atomic E-state index is 14.3. The van der Waals surface area contributed by atoms with Crippen molar-refractivity contribution in [3.63, 3.8) is 0 Å². The topological polar surface area (TPSA) is 54.2 Å². The van der Waals surface area contributed by atoms with Crippen LogP contribution in [0, 0.1) is 11.7 Å². The Labute approximate surface area is 149 Å². The van der Waals surface area contributed by atoms with Gasteiger partial charge in [0.15, 0.2) is 5.96 Å². The van der Waals surface area contributed by atoms with Crippen molar-refractivity contribution >= 4 is 5.96 Å². The maximum Gasteiger partial charge on any atom is 0.191 e. The maximum absolute atomic E-state index is 14.3. The van der Waals surface area contributed by atoms with Crippen LogP contribution in [-0.4, -0.2) is 28.6 Å². The van der Waals surface area contributed by atoms with Crippen molar-refractivity contribution in [1.29, 1.82) is 0 Å². The fourth-order valence-electron chi connectivity index (χ4n) is 2.54. The molecule has 2 N–H and O–H groups in total. The van der Waals surface area contributed by atoms with Crippen LogP contribution in [0.4, 0.5) is 4.39 Å². The van der Waals surface area contributed by atoms with Crippen LogP contribution in [0.15, 0.2) is 41.9 Å². The molecule has 2 aromatic rings. The lowest BCUT2D eigenvalue weighted by molar-refractivity contribution is 0.489. The molecular weight excluding hydrogens is 317 g/mol. The molecule has 0 saturated heterocycles. The van der Waals surface area contributed by atoms with E-state index in [1.165, 1.54) is 12.5 Å². The molecule has 0 fully saturated rings. The van der Waals surface area contributed by atoms with E-state index < -0.39 is 0 Å². The minimum Gasteiger partial charge on any atom is -0.354 e. The molecule has 6 heteroatoms. The zero-order valence-corrected chi connectivity index (χ0v) is 15.5. The van der Waals surface area contributed by atoms with Crippen LogP contribution in [0.25, 0.3) is 5.69 Å². The number of benzene rings is 1. The van der Waals surface area contributed by atoms with Crippen LogP contribution < -0.4 is 10.6 Å². The van der Waals surface area contributed by atoms with Crippen molar-refractivity contribution in [1.82, 2.24) is 20.2 Å². The van der Waals surface area contributed by atoms with Gasteiger partial charge in [-0.3, -0.25) is 4.99 Å². The number of hydrogen-bond donors (Lipinski definition) is 2. The summed E-state index contributed by atoms with van der Waals surface area (Å²) in [5.74, 6) is 1.15. The average molecular weight is 345 g/mol. The first-order valence-corrected chi connectivity index (χ1v) is 8.73. The molecule has 0 aliphatic carbocycles. The minimum absolute atomic E-state index is 0.273. The van der Waals surface area contributed by atoms with Crippen molar-refractivity contribution in [2.45, 2.75) is 46.2 Å². The number of rotatable bonds is 7. The molecule has 0 amide bonds. The van der Waals surface area contributed by atoms with Gasteiger partial charge < -0.3 is 15.2 Å². The third-order valence-electron chi connectivity index (χ3n) is 4.04. The molecule has 1 atom stereocenters. The van der Waals surface area contributed by atoms with Gasteiger partial charge in [-0.15, -0.1) is 0 Å². The quantitative estimate of drug-likeness (QED) is 0.596. The van der Waals surface area contributed by atoms with Crippen molar-refractivity contribution in [3.05, 3.63) is 48.3 Å². The van der Waals surface area contributed by atoms with E-state index in [1.807, 2.05) is 6.07 Å². The molecule has 1 unspecified atom stereocenters. The predicted molar refractivity (Wildman–Crippen MR) is 100 cm³/mol. The Morgan fingerprint density at radius 3 is 2.68 bits per heavy atom. The molecule has 1 heterocycles. The summed E-state index contributed by atoms with van der Waals surface area (Å²) >= 11 is 0.